The first-order chi connectivity index (χ1) is 7.09. The molecule has 0 saturated carbocycles. The maximum atomic E-state index is 11.6. The van der Waals surface area contributed by atoms with Crippen molar-refractivity contribution >= 4 is 15.7 Å². The van der Waals surface area contributed by atoms with Gasteiger partial charge in [0.2, 0.25) is 5.91 Å². The van der Waals surface area contributed by atoms with Crippen molar-refractivity contribution in [3.8, 4) is 0 Å². The second kappa shape index (κ2) is 5.63. The molecule has 0 rings (SSSR count). The Morgan fingerprint density at radius 2 is 1.94 bits per heavy atom. The third kappa shape index (κ3) is 4.49. The molecule has 0 spiro atoms. The lowest BCUT2D eigenvalue weighted by Crippen LogP contribution is -2.47. The van der Waals surface area contributed by atoms with E-state index in [4.69, 9.17) is 5.73 Å². The molecular formula is C10H22N2O3S. The van der Waals surface area contributed by atoms with Crippen molar-refractivity contribution in [1.82, 2.24) is 5.32 Å². The summed E-state index contributed by atoms with van der Waals surface area (Å²) < 4.78 is 21.3. The minimum atomic E-state index is -3.39. The molecule has 96 valence electrons. The van der Waals surface area contributed by atoms with Gasteiger partial charge in [0, 0.05) is 18.8 Å². The van der Waals surface area contributed by atoms with Gasteiger partial charge in [-0.25, -0.2) is 8.42 Å². The summed E-state index contributed by atoms with van der Waals surface area (Å²) in [4.78, 5) is 11.6. The van der Waals surface area contributed by atoms with Gasteiger partial charge in [-0.1, -0.05) is 0 Å². The fourth-order valence-corrected chi connectivity index (χ4v) is 1.42. The molecule has 6 heteroatoms. The first-order valence-electron chi connectivity index (χ1n) is 5.32. The average molecular weight is 250 g/mol. The second-order valence-corrected chi connectivity index (χ2v) is 7.22. The molecule has 0 aliphatic carbocycles. The largest absolute Gasteiger partial charge is 0.355 e. The van der Waals surface area contributed by atoms with Crippen LogP contribution in [-0.4, -0.2) is 37.9 Å². The molecule has 0 aliphatic heterocycles. The van der Waals surface area contributed by atoms with Gasteiger partial charge in [-0.05, 0) is 33.6 Å². The predicted octanol–water partition coefficient (Wildman–Crippen LogP) is 0.0532. The third-order valence-corrected chi connectivity index (χ3v) is 4.63. The number of sulfone groups is 1. The second-order valence-electron chi connectivity index (χ2n) is 4.66. The first kappa shape index (κ1) is 15.4. The van der Waals surface area contributed by atoms with Gasteiger partial charge in [-0.15, -0.1) is 0 Å². The van der Waals surface area contributed by atoms with Crippen LogP contribution in [0.2, 0.25) is 0 Å². The summed E-state index contributed by atoms with van der Waals surface area (Å²) in [5, 5.41) is 2.61. The molecule has 0 heterocycles. The average Bonchev–Trinajstić information content (AvgIpc) is 2.09. The fourth-order valence-electron chi connectivity index (χ4n) is 1.01. The van der Waals surface area contributed by atoms with Gasteiger partial charge in [-0.3, -0.25) is 4.79 Å². The minimum Gasteiger partial charge on any atom is -0.355 e. The first-order valence-corrected chi connectivity index (χ1v) is 7.21. The molecule has 0 saturated heterocycles. The highest BCUT2D eigenvalue weighted by Crippen LogP contribution is 2.14. The molecule has 1 unspecified atom stereocenters. The number of amides is 1. The van der Waals surface area contributed by atoms with Crippen molar-refractivity contribution in [1.29, 1.82) is 0 Å². The highest BCUT2D eigenvalue weighted by atomic mass is 32.2. The smallest absolute Gasteiger partial charge is 0.240 e. The molecule has 0 bridgehead atoms. The van der Waals surface area contributed by atoms with E-state index in [1.165, 1.54) is 13.8 Å². The van der Waals surface area contributed by atoms with Crippen LogP contribution in [0, 0.1) is 0 Å². The van der Waals surface area contributed by atoms with E-state index >= 15 is 0 Å². The van der Waals surface area contributed by atoms with Gasteiger partial charge >= 0.3 is 0 Å². The van der Waals surface area contributed by atoms with E-state index in [2.05, 4.69) is 5.32 Å². The molecule has 0 aromatic heterocycles. The monoisotopic (exact) mass is 250 g/mol. The van der Waals surface area contributed by atoms with Crippen LogP contribution in [0.4, 0.5) is 0 Å². The number of hydrogen-bond donors (Lipinski definition) is 2. The summed E-state index contributed by atoms with van der Waals surface area (Å²) >= 11 is 0. The Balaban J connectivity index is 4.18. The molecule has 0 aromatic carbocycles. The molecule has 0 fully saturated rings. The SMILES string of the molecule is CC(N)CCCNC(=O)C(C)(C)S(C)(=O)=O. The number of nitrogens with two attached hydrogens (primary N) is 1. The van der Waals surface area contributed by atoms with E-state index in [1.54, 1.807) is 0 Å². The van der Waals surface area contributed by atoms with Crippen LogP contribution in [-0.2, 0) is 14.6 Å². The summed E-state index contributed by atoms with van der Waals surface area (Å²) in [6, 6.07) is 0.0971. The Morgan fingerprint density at radius 3 is 2.31 bits per heavy atom. The van der Waals surface area contributed by atoms with Crippen LogP contribution in [0.3, 0.4) is 0 Å². The van der Waals surface area contributed by atoms with Crippen LogP contribution in [0.5, 0.6) is 0 Å². The maximum absolute atomic E-state index is 11.6. The van der Waals surface area contributed by atoms with Crippen LogP contribution >= 0.6 is 0 Å². The molecule has 16 heavy (non-hydrogen) atoms. The quantitative estimate of drug-likeness (QED) is 0.652. The molecular weight excluding hydrogens is 228 g/mol. The lowest BCUT2D eigenvalue weighted by molar-refractivity contribution is -0.122. The van der Waals surface area contributed by atoms with Crippen LogP contribution in [0.25, 0.3) is 0 Å². The summed E-state index contributed by atoms with van der Waals surface area (Å²) in [5.74, 6) is -0.459. The Hall–Kier alpha value is -0.620. The molecule has 0 aliphatic rings. The molecule has 1 atom stereocenters. The zero-order chi connectivity index (χ0) is 13.0. The van der Waals surface area contributed by atoms with E-state index in [0.29, 0.717) is 6.54 Å². The zero-order valence-electron chi connectivity index (χ0n) is 10.4. The Labute approximate surface area is 97.7 Å². The number of carbonyl (C=O) groups is 1. The lowest BCUT2D eigenvalue weighted by atomic mass is 10.1. The molecule has 5 nitrogen and oxygen atoms in total. The number of hydrogen-bond acceptors (Lipinski definition) is 4. The van der Waals surface area contributed by atoms with Gasteiger partial charge in [-0.2, -0.15) is 0 Å². The minimum absolute atomic E-state index is 0.0971. The number of carbonyl (C=O) groups excluding carboxylic acids is 1. The van der Waals surface area contributed by atoms with E-state index < -0.39 is 20.5 Å². The maximum Gasteiger partial charge on any atom is 0.240 e. The van der Waals surface area contributed by atoms with Crippen molar-refractivity contribution in [3.63, 3.8) is 0 Å². The summed E-state index contributed by atoms with van der Waals surface area (Å²) in [6.07, 6.45) is 2.62. The molecule has 1 amide bonds. The third-order valence-electron chi connectivity index (χ3n) is 2.60. The van der Waals surface area contributed by atoms with Crippen LogP contribution < -0.4 is 11.1 Å². The highest BCUT2D eigenvalue weighted by Gasteiger charge is 2.37. The fraction of sp³-hybridized carbons (Fsp3) is 0.900. The number of nitrogens with one attached hydrogen (secondary N) is 1. The zero-order valence-corrected chi connectivity index (χ0v) is 11.2. The van der Waals surface area contributed by atoms with E-state index in [-0.39, 0.29) is 6.04 Å². The molecule has 0 aromatic rings. The molecule has 0 radical (unpaired) electrons. The summed E-state index contributed by atoms with van der Waals surface area (Å²) in [6.45, 7) is 5.16. The van der Waals surface area contributed by atoms with E-state index in [9.17, 15) is 13.2 Å². The van der Waals surface area contributed by atoms with Gasteiger partial charge in [0.15, 0.2) is 9.84 Å². The van der Waals surface area contributed by atoms with Crippen LogP contribution in [0.15, 0.2) is 0 Å². The van der Waals surface area contributed by atoms with Gasteiger partial charge < -0.3 is 11.1 Å². The predicted molar refractivity (Wildman–Crippen MR) is 64.8 cm³/mol. The highest BCUT2D eigenvalue weighted by molar-refractivity contribution is 7.92. The Bertz CT molecular complexity index is 334. The van der Waals surface area contributed by atoms with Crippen molar-refractivity contribution in [2.24, 2.45) is 5.73 Å². The summed E-state index contributed by atoms with van der Waals surface area (Å²) in [7, 11) is -3.39. The van der Waals surface area contributed by atoms with Crippen LogP contribution in [0.1, 0.15) is 33.6 Å². The van der Waals surface area contributed by atoms with Gasteiger partial charge in [0.05, 0.1) is 0 Å². The number of rotatable bonds is 6. The van der Waals surface area contributed by atoms with Gasteiger partial charge in [0.1, 0.15) is 4.75 Å². The van der Waals surface area contributed by atoms with Crippen molar-refractivity contribution in [2.45, 2.75) is 44.4 Å². The van der Waals surface area contributed by atoms with Crippen molar-refractivity contribution < 1.29 is 13.2 Å². The standard InChI is InChI=1S/C10H22N2O3S/c1-8(11)6-5-7-12-9(13)10(2,3)16(4,14)15/h8H,5-7,11H2,1-4H3,(H,12,13). The van der Waals surface area contributed by atoms with E-state index in [1.807, 2.05) is 6.92 Å². The topological polar surface area (TPSA) is 89.3 Å². The Morgan fingerprint density at radius 1 is 1.44 bits per heavy atom. The summed E-state index contributed by atoms with van der Waals surface area (Å²) in [5.41, 5.74) is 5.56. The van der Waals surface area contributed by atoms with E-state index in [0.717, 1.165) is 19.1 Å². The Kier molecular flexibility index (Phi) is 5.41. The van der Waals surface area contributed by atoms with Crippen molar-refractivity contribution in [2.75, 3.05) is 12.8 Å². The van der Waals surface area contributed by atoms with Gasteiger partial charge in [0.25, 0.3) is 0 Å². The lowest BCUT2D eigenvalue weighted by Gasteiger charge is -2.21. The normalized spacial score (nSPS) is 14.6. The molecule has 3 N–H and O–H groups in total. The van der Waals surface area contributed by atoms with Crippen molar-refractivity contribution in [3.05, 3.63) is 0 Å².